The number of phenols is 1. The molecule has 20 heavy (non-hydrogen) atoms. The number of hydrogen-bond donors (Lipinski definition) is 2. The van der Waals surface area contributed by atoms with Gasteiger partial charge in [-0.1, -0.05) is 12.1 Å². The van der Waals surface area contributed by atoms with Gasteiger partial charge >= 0.3 is 0 Å². The van der Waals surface area contributed by atoms with Crippen LogP contribution in [0.25, 0.3) is 0 Å². The zero-order valence-corrected chi connectivity index (χ0v) is 10.2. The molecule has 2 aromatic rings. The van der Waals surface area contributed by atoms with Gasteiger partial charge in [-0.25, -0.2) is 13.2 Å². The Hall–Kier alpha value is -2.50. The quantitative estimate of drug-likeness (QED) is 0.850. The second-order valence-electron chi connectivity index (χ2n) is 4.10. The molecule has 0 aromatic heterocycles. The first-order valence-corrected chi connectivity index (χ1v) is 5.68. The van der Waals surface area contributed by atoms with Gasteiger partial charge in [0, 0.05) is 12.1 Å². The molecule has 0 spiro atoms. The Balaban J connectivity index is 2.07. The number of rotatable bonds is 3. The molecule has 0 bridgehead atoms. The van der Waals surface area contributed by atoms with Crippen molar-refractivity contribution in [3.8, 4) is 5.75 Å². The monoisotopic (exact) mass is 281 g/mol. The first kappa shape index (κ1) is 13.9. The standard InChI is InChI=1S/C14H10F3NO2/c15-11-5-9(6-12(16)13(11)17)14(20)18-7-8-1-3-10(19)4-2-8/h1-6,19H,7H2,(H,18,20). The third-order valence-corrected chi connectivity index (χ3v) is 2.64. The van der Waals surface area contributed by atoms with Gasteiger partial charge in [0.25, 0.3) is 5.91 Å². The number of benzene rings is 2. The second kappa shape index (κ2) is 5.64. The van der Waals surface area contributed by atoms with Crippen molar-refractivity contribution in [1.29, 1.82) is 0 Å². The summed E-state index contributed by atoms with van der Waals surface area (Å²) in [6.45, 7) is 0.111. The number of nitrogens with one attached hydrogen (secondary N) is 1. The van der Waals surface area contributed by atoms with Gasteiger partial charge in [-0.2, -0.15) is 0 Å². The SMILES string of the molecule is O=C(NCc1ccc(O)cc1)c1cc(F)c(F)c(F)c1. The maximum Gasteiger partial charge on any atom is 0.251 e. The van der Waals surface area contributed by atoms with Crippen LogP contribution in [0.15, 0.2) is 36.4 Å². The number of hydrogen-bond acceptors (Lipinski definition) is 2. The van der Waals surface area contributed by atoms with Crippen molar-refractivity contribution in [2.75, 3.05) is 0 Å². The van der Waals surface area contributed by atoms with Crippen molar-refractivity contribution >= 4 is 5.91 Å². The zero-order chi connectivity index (χ0) is 14.7. The smallest absolute Gasteiger partial charge is 0.251 e. The van der Waals surface area contributed by atoms with E-state index in [0.29, 0.717) is 17.7 Å². The van der Waals surface area contributed by atoms with Crippen molar-refractivity contribution < 1.29 is 23.1 Å². The summed E-state index contributed by atoms with van der Waals surface area (Å²) >= 11 is 0. The van der Waals surface area contributed by atoms with Crippen LogP contribution in [0.3, 0.4) is 0 Å². The van der Waals surface area contributed by atoms with E-state index >= 15 is 0 Å². The van der Waals surface area contributed by atoms with Crippen LogP contribution in [-0.4, -0.2) is 11.0 Å². The molecule has 104 valence electrons. The molecule has 2 aromatic carbocycles. The van der Waals surface area contributed by atoms with Crippen LogP contribution in [0, 0.1) is 17.5 Å². The minimum atomic E-state index is -1.61. The van der Waals surface area contributed by atoms with Gasteiger partial charge in [0.1, 0.15) is 5.75 Å². The summed E-state index contributed by atoms with van der Waals surface area (Å²) in [7, 11) is 0. The van der Waals surface area contributed by atoms with Gasteiger partial charge in [0.15, 0.2) is 17.5 Å². The van der Waals surface area contributed by atoms with Gasteiger partial charge in [0.05, 0.1) is 0 Å². The molecule has 0 heterocycles. The van der Waals surface area contributed by atoms with Gasteiger partial charge in [-0.3, -0.25) is 4.79 Å². The number of amides is 1. The molecule has 0 saturated carbocycles. The molecule has 0 aliphatic carbocycles. The predicted molar refractivity (Wildman–Crippen MR) is 65.6 cm³/mol. The average Bonchev–Trinajstić information content (AvgIpc) is 2.43. The van der Waals surface area contributed by atoms with E-state index in [1.54, 1.807) is 12.1 Å². The number of aromatic hydroxyl groups is 1. The van der Waals surface area contributed by atoms with Crippen LogP contribution in [0.5, 0.6) is 5.75 Å². The van der Waals surface area contributed by atoms with Gasteiger partial charge in [0.2, 0.25) is 0 Å². The highest BCUT2D eigenvalue weighted by Crippen LogP contribution is 2.14. The van der Waals surface area contributed by atoms with Gasteiger partial charge in [-0.15, -0.1) is 0 Å². The first-order valence-electron chi connectivity index (χ1n) is 5.68. The van der Waals surface area contributed by atoms with Crippen molar-refractivity contribution in [1.82, 2.24) is 5.32 Å². The van der Waals surface area contributed by atoms with Crippen LogP contribution in [0.4, 0.5) is 13.2 Å². The molecule has 0 aliphatic heterocycles. The average molecular weight is 281 g/mol. The highest BCUT2D eigenvalue weighted by Gasteiger charge is 2.14. The molecular formula is C14H10F3NO2. The van der Waals surface area contributed by atoms with E-state index in [1.165, 1.54) is 12.1 Å². The van der Waals surface area contributed by atoms with Crippen LogP contribution in [-0.2, 0) is 6.54 Å². The summed E-state index contributed by atoms with van der Waals surface area (Å²) in [6.07, 6.45) is 0. The summed E-state index contributed by atoms with van der Waals surface area (Å²) in [5.74, 6) is -5.08. The lowest BCUT2D eigenvalue weighted by Gasteiger charge is -2.06. The Morgan fingerprint density at radius 3 is 2.15 bits per heavy atom. The summed E-state index contributed by atoms with van der Waals surface area (Å²) in [4.78, 5) is 11.7. The fourth-order valence-corrected chi connectivity index (χ4v) is 1.58. The van der Waals surface area contributed by atoms with E-state index in [9.17, 15) is 18.0 Å². The maximum absolute atomic E-state index is 13.0. The van der Waals surface area contributed by atoms with Gasteiger partial charge in [-0.05, 0) is 29.8 Å². The molecule has 3 nitrogen and oxygen atoms in total. The molecule has 6 heteroatoms. The summed E-state index contributed by atoms with van der Waals surface area (Å²) in [5, 5.41) is 11.5. The maximum atomic E-state index is 13.0. The highest BCUT2D eigenvalue weighted by molar-refractivity contribution is 5.94. The predicted octanol–water partition coefficient (Wildman–Crippen LogP) is 2.74. The van der Waals surface area contributed by atoms with Crippen molar-refractivity contribution in [2.24, 2.45) is 0 Å². The number of phenolic OH excluding ortho intramolecular Hbond substituents is 1. The molecule has 0 saturated heterocycles. The van der Waals surface area contributed by atoms with E-state index < -0.39 is 23.4 Å². The van der Waals surface area contributed by atoms with E-state index in [4.69, 9.17) is 5.11 Å². The lowest BCUT2D eigenvalue weighted by Crippen LogP contribution is -2.23. The summed E-state index contributed by atoms with van der Waals surface area (Å²) < 4.78 is 38.7. The second-order valence-corrected chi connectivity index (χ2v) is 4.10. The third kappa shape index (κ3) is 3.09. The number of carbonyl (C=O) groups is 1. The first-order chi connectivity index (χ1) is 9.47. The summed E-state index contributed by atoms with van der Waals surface area (Å²) in [5.41, 5.74) is 0.388. The Labute approximate surface area is 112 Å². The fraction of sp³-hybridized carbons (Fsp3) is 0.0714. The van der Waals surface area contributed by atoms with E-state index in [-0.39, 0.29) is 17.9 Å². The molecule has 0 atom stereocenters. The van der Waals surface area contributed by atoms with E-state index in [1.807, 2.05) is 0 Å². The zero-order valence-electron chi connectivity index (χ0n) is 10.2. The van der Waals surface area contributed by atoms with Crippen LogP contribution in [0.2, 0.25) is 0 Å². The van der Waals surface area contributed by atoms with Crippen LogP contribution >= 0.6 is 0 Å². The Kier molecular flexibility index (Phi) is 3.93. The fourth-order valence-electron chi connectivity index (χ4n) is 1.58. The Bertz CT molecular complexity index is 618. The van der Waals surface area contributed by atoms with E-state index in [2.05, 4.69) is 5.32 Å². The van der Waals surface area contributed by atoms with Crippen molar-refractivity contribution in [3.63, 3.8) is 0 Å². The molecule has 0 aliphatic rings. The molecule has 2 N–H and O–H groups in total. The summed E-state index contributed by atoms with van der Waals surface area (Å²) in [6, 6.07) is 7.31. The third-order valence-electron chi connectivity index (χ3n) is 2.64. The molecule has 1 amide bonds. The topological polar surface area (TPSA) is 49.3 Å². The number of carbonyl (C=O) groups excluding carboxylic acids is 1. The van der Waals surface area contributed by atoms with Crippen molar-refractivity contribution in [2.45, 2.75) is 6.54 Å². The molecule has 0 fully saturated rings. The van der Waals surface area contributed by atoms with Crippen molar-refractivity contribution in [3.05, 3.63) is 65.0 Å². The number of halogens is 3. The van der Waals surface area contributed by atoms with E-state index in [0.717, 1.165) is 0 Å². The molecule has 2 rings (SSSR count). The lowest BCUT2D eigenvalue weighted by molar-refractivity contribution is 0.0949. The highest BCUT2D eigenvalue weighted by atomic mass is 19.2. The minimum absolute atomic E-state index is 0.0859. The van der Waals surface area contributed by atoms with Gasteiger partial charge < -0.3 is 10.4 Å². The largest absolute Gasteiger partial charge is 0.508 e. The molecule has 0 radical (unpaired) electrons. The Morgan fingerprint density at radius 2 is 1.60 bits per heavy atom. The molecular weight excluding hydrogens is 271 g/mol. The van der Waals surface area contributed by atoms with Crippen LogP contribution in [0.1, 0.15) is 15.9 Å². The van der Waals surface area contributed by atoms with Crippen LogP contribution < -0.4 is 5.32 Å². The normalized spacial score (nSPS) is 10.3. The Morgan fingerprint density at radius 1 is 1.05 bits per heavy atom. The lowest BCUT2D eigenvalue weighted by atomic mass is 10.1. The minimum Gasteiger partial charge on any atom is -0.508 e. The molecule has 0 unspecified atom stereocenters.